The molecule has 64 valence electrons. The number of pyridine rings is 1. The van der Waals surface area contributed by atoms with Crippen LogP contribution in [0.2, 0.25) is 0 Å². The number of hydrogen-bond acceptors (Lipinski definition) is 3. The van der Waals surface area contributed by atoms with Gasteiger partial charge in [-0.3, -0.25) is 0 Å². The molecule has 0 radical (unpaired) electrons. The first kappa shape index (κ1) is 10.7. The van der Waals surface area contributed by atoms with Crippen LogP contribution in [0.1, 0.15) is 12.6 Å². The van der Waals surface area contributed by atoms with Gasteiger partial charge in [0.15, 0.2) is 5.79 Å². The van der Waals surface area contributed by atoms with E-state index in [2.05, 4.69) is 11.2 Å². The zero-order valence-electron chi connectivity index (χ0n) is 7.91. The molecule has 1 aliphatic heterocycles. The van der Waals surface area contributed by atoms with E-state index in [1.165, 1.54) is 0 Å². The molecule has 1 saturated heterocycles. The number of ether oxygens (including phenoxy) is 2. The van der Waals surface area contributed by atoms with Crippen LogP contribution in [0.25, 0.3) is 0 Å². The van der Waals surface area contributed by atoms with Crippen molar-refractivity contribution in [3.05, 3.63) is 30.1 Å². The summed E-state index contributed by atoms with van der Waals surface area (Å²) < 4.78 is 10.8. The summed E-state index contributed by atoms with van der Waals surface area (Å²) in [4.78, 5) is 4.06. The monoisotopic (exact) mass is 171 g/mol. The van der Waals surface area contributed by atoms with Crippen LogP contribution in [0.5, 0.6) is 0 Å². The molecule has 1 aromatic rings. The molecule has 13 heavy (non-hydrogen) atoms. The van der Waals surface area contributed by atoms with Gasteiger partial charge in [-0.15, -0.1) is 6.07 Å². The van der Waals surface area contributed by atoms with E-state index in [4.69, 9.17) is 9.47 Å². The Morgan fingerprint density at radius 3 is 2.69 bits per heavy atom. The van der Waals surface area contributed by atoms with E-state index in [-0.39, 0.29) is 18.9 Å². The number of aromatic nitrogens is 1. The summed E-state index contributed by atoms with van der Waals surface area (Å²) in [6.45, 7) is 3.14. The largest absolute Gasteiger partial charge is 1.00 e. The fraction of sp³-hybridized carbons (Fsp3) is 0.444. The standard InChI is InChI=1S/C9H10NO2.Li/c1-9(11-6-7-12-9)8-4-2-3-5-10-8;/h2-4H,6-7H2,1H3;/q-1;+1. The van der Waals surface area contributed by atoms with Crippen LogP contribution in [0.3, 0.4) is 0 Å². The first-order valence-electron chi connectivity index (χ1n) is 3.93. The van der Waals surface area contributed by atoms with Crippen molar-refractivity contribution in [1.29, 1.82) is 0 Å². The third-order valence-electron chi connectivity index (χ3n) is 1.91. The van der Waals surface area contributed by atoms with E-state index >= 15 is 0 Å². The van der Waals surface area contributed by atoms with Gasteiger partial charge in [0.25, 0.3) is 0 Å². The van der Waals surface area contributed by atoms with Crippen molar-refractivity contribution in [1.82, 2.24) is 4.98 Å². The van der Waals surface area contributed by atoms with Gasteiger partial charge in [0, 0.05) is 0 Å². The minimum Gasteiger partial charge on any atom is -0.386 e. The second kappa shape index (κ2) is 4.25. The van der Waals surface area contributed by atoms with E-state index in [9.17, 15) is 0 Å². The van der Waals surface area contributed by atoms with Crippen LogP contribution in [0.4, 0.5) is 0 Å². The number of rotatable bonds is 1. The zero-order chi connectivity index (χ0) is 8.44. The molecule has 3 nitrogen and oxygen atoms in total. The minimum absolute atomic E-state index is 0. The van der Waals surface area contributed by atoms with Gasteiger partial charge >= 0.3 is 18.9 Å². The van der Waals surface area contributed by atoms with Crippen molar-refractivity contribution < 1.29 is 28.3 Å². The molecule has 1 fully saturated rings. The molecule has 1 aliphatic rings. The second-order valence-corrected chi connectivity index (χ2v) is 2.79. The van der Waals surface area contributed by atoms with E-state index in [0.717, 1.165) is 5.69 Å². The van der Waals surface area contributed by atoms with Crippen LogP contribution in [0, 0.1) is 6.20 Å². The maximum Gasteiger partial charge on any atom is 1.00 e. The van der Waals surface area contributed by atoms with Crippen LogP contribution in [-0.2, 0) is 15.3 Å². The van der Waals surface area contributed by atoms with Crippen LogP contribution >= 0.6 is 0 Å². The summed E-state index contributed by atoms with van der Waals surface area (Å²) in [5.74, 6) is -0.655. The maximum atomic E-state index is 5.42. The molecule has 2 heterocycles. The van der Waals surface area contributed by atoms with E-state index in [0.29, 0.717) is 13.2 Å². The van der Waals surface area contributed by atoms with Crippen molar-refractivity contribution in [2.24, 2.45) is 0 Å². The summed E-state index contributed by atoms with van der Waals surface area (Å²) in [6.07, 6.45) is 2.75. The molecular weight excluding hydrogens is 161 g/mol. The predicted octanol–water partition coefficient (Wildman–Crippen LogP) is -1.89. The van der Waals surface area contributed by atoms with Crippen LogP contribution < -0.4 is 18.9 Å². The summed E-state index contributed by atoms with van der Waals surface area (Å²) in [6, 6.07) is 5.50. The second-order valence-electron chi connectivity index (χ2n) is 2.79. The number of hydrogen-bond donors (Lipinski definition) is 0. The Morgan fingerprint density at radius 2 is 2.15 bits per heavy atom. The smallest absolute Gasteiger partial charge is 0.386 e. The Kier molecular flexibility index (Phi) is 3.52. The normalized spacial score (nSPS) is 19.5. The van der Waals surface area contributed by atoms with Gasteiger partial charge in [0.05, 0.1) is 13.2 Å². The predicted molar refractivity (Wildman–Crippen MR) is 42.3 cm³/mol. The summed E-state index contributed by atoms with van der Waals surface area (Å²) >= 11 is 0. The van der Waals surface area contributed by atoms with E-state index in [1.807, 2.05) is 19.1 Å². The summed E-state index contributed by atoms with van der Waals surface area (Å²) in [7, 11) is 0. The molecule has 0 spiro atoms. The van der Waals surface area contributed by atoms with Crippen molar-refractivity contribution in [2.45, 2.75) is 12.7 Å². The van der Waals surface area contributed by atoms with Gasteiger partial charge in [0.2, 0.25) is 0 Å². The fourth-order valence-electron chi connectivity index (χ4n) is 1.24. The Balaban J connectivity index is 0.000000845. The van der Waals surface area contributed by atoms with Crippen molar-refractivity contribution in [3.63, 3.8) is 0 Å². The Morgan fingerprint density at radius 1 is 1.46 bits per heavy atom. The molecule has 0 N–H and O–H groups in total. The molecule has 0 bridgehead atoms. The summed E-state index contributed by atoms with van der Waals surface area (Å²) in [5.41, 5.74) is 0.780. The molecule has 0 atom stereocenters. The molecule has 0 aromatic carbocycles. The average molecular weight is 171 g/mol. The third kappa shape index (κ3) is 2.12. The molecule has 2 rings (SSSR count). The first-order chi connectivity index (χ1) is 5.81. The Labute approximate surface area is 89.6 Å². The SMILES string of the molecule is CC1(c2ccc[c-]n2)OCCO1.[Li+]. The first-order valence-corrected chi connectivity index (χ1v) is 3.93. The Hall–Kier alpha value is -0.333. The number of nitrogens with zero attached hydrogens (tertiary/aromatic N) is 1. The van der Waals surface area contributed by atoms with Crippen LogP contribution in [0.15, 0.2) is 18.2 Å². The molecule has 0 saturated carbocycles. The summed E-state index contributed by atoms with van der Waals surface area (Å²) in [5, 5.41) is 0. The van der Waals surface area contributed by atoms with Gasteiger partial charge < -0.3 is 14.5 Å². The minimum atomic E-state index is -0.655. The zero-order valence-corrected chi connectivity index (χ0v) is 7.91. The third-order valence-corrected chi connectivity index (χ3v) is 1.91. The van der Waals surface area contributed by atoms with Gasteiger partial charge in [-0.1, -0.05) is 6.20 Å². The topological polar surface area (TPSA) is 31.4 Å². The fourth-order valence-corrected chi connectivity index (χ4v) is 1.24. The molecule has 0 unspecified atom stereocenters. The van der Waals surface area contributed by atoms with Crippen molar-refractivity contribution in [2.75, 3.05) is 13.2 Å². The van der Waals surface area contributed by atoms with Gasteiger partial charge in [0.1, 0.15) is 0 Å². The average Bonchev–Trinajstić information content (AvgIpc) is 2.55. The van der Waals surface area contributed by atoms with Crippen molar-refractivity contribution in [3.8, 4) is 0 Å². The maximum absolute atomic E-state index is 5.42. The molecule has 0 amide bonds. The molecular formula is C9H10LiNO2. The Bertz CT molecular complexity index is 260. The van der Waals surface area contributed by atoms with Crippen LogP contribution in [-0.4, -0.2) is 18.2 Å². The molecule has 0 aliphatic carbocycles. The molecule has 1 aromatic heterocycles. The van der Waals surface area contributed by atoms with Crippen molar-refractivity contribution >= 4 is 0 Å². The van der Waals surface area contributed by atoms with Gasteiger partial charge in [-0.2, -0.15) is 12.1 Å². The quantitative estimate of drug-likeness (QED) is 0.365. The van der Waals surface area contributed by atoms with Gasteiger partial charge in [-0.05, 0) is 12.6 Å². The van der Waals surface area contributed by atoms with E-state index < -0.39 is 5.79 Å². The molecule has 4 heteroatoms. The van der Waals surface area contributed by atoms with E-state index in [1.54, 1.807) is 6.07 Å². The van der Waals surface area contributed by atoms with Gasteiger partial charge in [-0.25, -0.2) is 0 Å².